The molecule has 1 aliphatic heterocycles. The molecule has 4 aromatic rings. The standard InChI is InChI=1S/C19H17N5O3S3/c1-11-7-8-12-15(10-11)28-19(20-12)21-18(25)14-5-3-9-24(14)30(26,27)16-6-2-4-13-17(16)23-29-22-13/h2,4,6-8,10,14H,3,5,9H2,1H3,(H,20,21,25)/t14-/m1/s1. The van der Waals surface area contributed by atoms with Crippen LogP contribution in [-0.2, 0) is 14.8 Å². The van der Waals surface area contributed by atoms with Gasteiger partial charge in [0.2, 0.25) is 15.9 Å². The van der Waals surface area contributed by atoms with Gasteiger partial charge in [0.05, 0.1) is 21.9 Å². The van der Waals surface area contributed by atoms with Crippen LogP contribution in [0, 0.1) is 6.92 Å². The molecule has 30 heavy (non-hydrogen) atoms. The molecule has 1 N–H and O–H groups in total. The summed E-state index contributed by atoms with van der Waals surface area (Å²) >= 11 is 2.35. The number of nitrogens with zero attached hydrogens (tertiary/aromatic N) is 4. The summed E-state index contributed by atoms with van der Waals surface area (Å²) in [7, 11) is -3.89. The number of aryl methyl sites for hydroxylation is 1. The van der Waals surface area contributed by atoms with E-state index in [0.29, 0.717) is 29.0 Å². The van der Waals surface area contributed by atoms with Gasteiger partial charge in [-0.05, 0) is 49.6 Å². The fraction of sp³-hybridized carbons (Fsp3) is 0.263. The third-order valence-electron chi connectivity index (χ3n) is 5.12. The molecule has 11 heteroatoms. The quantitative estimate of drug-likeness (QED) is 0.501. The van der Waals surface area contributed by atoms with Crippen molar-refractivity contribution >= 4 is 65.4 Å². The fourth-order valence-electron chi connectivity index (χ4n) is 3.68. The molecule has 1 amide bonds. The highest BCUT2D eigenvalue weighted by Gasteiger charge is 2.40. The van der Waals surface area contributed by atoms with Crippen molar-refractivity contribution in [2.75, 3.05) is 11.9 Å². The van der Waals surface area contributed by atoms with E-state index in [1.54, 1.807) is 12.1 Å². The maximum atomic E-state index is 13.4. The number of carbonyl (C=O) groups is 1. The minimum atomic E-state index is -3.89. The molecule has 0 saturated carbocycles. The van der Waals surface area contributed by atoms with Crippen LogP contribution in [0.5, 0.6) is 0 Å². The minimum Gasteiger partial charge on any atom is -0.301 e. The number of rotatable bonds is 4. The molecule has 1 atom stereocenters. The first-order valence-electron chi connectivity index (χ1n) is 9.35. The van der Waals surface area contributed by atoms with E-state index in [4.69, 9.17) is 0 Å². The number of fused-ring (bicyclic) bond motifs is 2. The Morgan fingerprint density at radius 1 is 1.20 bits per heavy atom. The first-order valence-corrected chi connectivity index (χ1v) is 12.3. The minimum absolute atomic E-state index is 0.0870. The monoisotopic (exact) mass is 459 g/mol. The molecule has 2 aromatic heterocycles. The van der Waals surface area contributed by atoms with Crippen molar-refractivity contribution in [3.8, 4) is 0 Å². The first-order chi connectivity index (χ1) is 14.4. The third-order valence-corrected chi connectivity index (χ3v) is 8.53. The zero-order valence-electron chi connectivity index (χ0n) is 15.9. The molecule has 0 radical (unpaired) electrons. The number of hydrogen-bond acceptors (Lipinski definition) is 8. The van der Waals surface area contributed by atoms with Crippen molar-refractivity contribution < 1.29 is 13.2 Å². The molecule has 154 valence electrons. The highest BCUT2D eigenvalue weighted by atomic mass is 32.2. The van der Waals surface area contributed by atoms with Crippen LogP contribution in [0.2, 0.25) is 0 Å². The van der Waals surface area contributed by atoms with Crippen LogP contribution in [0.3, 0.4) is 0 Å². The highest BCUT2D eigenvalue weighted by Crippen LogP contribution is 2.32. The zero-order valence-corrected chi connectivity index (χ0v) is 18.4. The highest BCUT2D eigenvalue weighted by molar-refractivity contribution is 7.89. The Kier molecular flexibility index (Phi) is 4.77. The lowest BCUT2D eigenvalue weighted by Crippen LogP contribution is -2.43. The van der Waals surface area contributed by atoms with E-state index in [1.165, 1.54) is 21.7 Å². The van der Waals surface area contributed by atoms with E-state index >= 15 is 0 Å². The van der Waals surface area contributed by atoms with Gasteiger partial charge in [0.1, 0.15) is 22.0 Å². The van der Waals surface area contributed by atoms with Gasteiger partial charge in [-0.25, -0.2) is 13.4 Å². The Hall–Kier alpha value is -2.47. The van der Waals surface area contributed by atoms with Gasteiger partial charge in [-0.2, -0.15) is 13.1 Å². The van der Waals surface area contributed by atoms with E-state index < -0.39 is 16.1 Å². The predicted molar refractivity (Wildman–Crippen MR) is 117 cm³/mol. The maximum Gasteiger partial charge on any atom is 0.246 e. The summed E-state index contributed by atoms with van der Waals surface area (Å²) in [5, 5.41) is 3.28. The second kappa shape index (κ2) is 7.34. The number of carbonyl (C=O) groups excluding carboxylic acids is 1. The van der Waals surface area contributed by atoms with Crippen LogP contribution in [0.25, 0.3) is 21.3 Å². The van der Waals surface area contributed by atoms with E-state index in [0.717, 1.165) is 27.5 Å². The molecule has 0 bridgehead atoms. The summed E-state index contributed by atoms with van der Waals surface area (Å²) in [5.41, 5.74) is 2.79. The molecular weight excluding hydrogens is 442 g/mol. The van der Waals surface area contributed by atoms with Crippen molar-refractivity contribution in [3.63, 3.8) is 0 Å². The average Bonchev–Trinajstić information content (AvgIpc) is 3.45. The number of benzene rings is 2. The second-order valence-corrected chi connectivity index (χ2v) is 10.6. The smallest absolute Gasteiger partial charge is 0.246 e. The van der Waals surface area contributed by atoms with Crippen LogP contribution >= 0.6 is 23.1 Å². The molecule has 5 rings (SSSR count). The summed E-state index contributed by atoms with van der Waals surface area (Å²) in [6, 6.07) is 9.98. The van der Waals surface area contributed by atoms with Gasteiger partial charge in [0.15, 0.2) is 5.13 Å². The normalized spacial score (nSPS) is 17.7. The van der Waals surface area contributed by atoms with Crippen molar-refractivity contribution in [1.29, 1.82) is 0 Å². The number of hydrogen-bond donors (Lipinski definition) is 1. The lowest BCUT2D eigenvalue weighted by atomic mass is 10.2. The molecule has 2 aromatic carbocycles. The summed E-state index contributed by atoms with van der Waals surface area (Å²) in [5.74, 6) is -0.365. The lowest BCUT2D eigenvalue weighted by molar-refractivity contribution is -0.119. The Morgan fingerprint density at radius 2 is 2.07 bits per heavy atom. The number of thiazole rings is 1. The molecule has 3 heterocycles. The Labute approximate surface area is 180 Å². The molecule has 1 saturated heterocycles. The van der Waals surface area contributed by atoms with Gasteiger partial charge in [0, 0.05) is 6.54 Å². The molecule has 0 spiro atoms. The van der Waals surface area contributed by atoms with E-state index in [1.807, 2.05) is 25.1 Å². The molecule has 1 aliphatic rings. The third kappa shape index (κ3) is 3.27. The Balaban J connectivity index is 1.43. The van der Waals surface area contributed by atoms with Gasteiger partial charge in [0.25, 0.3) is 0 Å². The van der Waals surface area contributed by atoms with Gasteiger partial charge in [-0.1, -0.05) is 23.5 Å². The number of aromatic nitrogens is 3. The maximum absolute atomic E-state index is 13.4. The first kappa shape index (κ1) is 19.5. The molecular formula is C19H17N5O3S3. The number of nitrogens with one attached hydrogen (secondary N) is 1. The topological polar surface area (TPSA) is 105 Å². The van der Waals surface area contributed by atoms with Crippen molar-refractivity contribution in [2.45, 2.75) is 30.7 Å². The predicted octanol–water partition coefficient (Wildman–Crippen LogP) is 3.40. The summed E-state index contributed by atoms with van der Waals surface area (Å²) in [6.07, 6.45) is 1.07. The van der Waals surface area contributed by atoms with E-state index in [9.17, 15) is 13.2 Å². The molecule has 1 fully saturated rings. The second-order valence-electron chi connectivity index (χ2n) is 7.14. The summed E-state index contributed by atoms with van der Waals surface area (Å²) in [6.45, 7) is 2.28. The van der Waals surface area contributed by atoms with Gasteiger partial charge < -0.3 is 5.32 Å². The SMILES string of the molecule is Cc1ccc2nc(NC(=O)[C@H]3CCCN3S(=O)(=O)c3cccc4nsnc34)sc2c1. The van der Waals surface area contributed by atoms with Gasteiger partial charge in [-0.15, -0.1) is 0 Å². The van der Waals surface area contributed by atoms with Crippen LogP contribution in [0.4, 0.5) is 5.13 Å². The number of anilines is 1. The Morgan fingerprint density at radius 3 is 2.93 bits per heavy atom. The lowest BCUT2D eigenvalue weighted by Gasteiger charge is -2.23. The van der Waals surface area contributed by atoms with Gasteiger partial charge in [-0.3, -0.25) is 4.79 Å². The van der Waals surface area contributed by atoms with Crippen LogP contribution in [-0.4, -0.2) is 44.9 Å². The summed E-state index contributed by atoms with van der Waals surface area (Å²) < 4.78 is 37.2. The van der Waals surface area contributed by atoms with Crippen LogP contribution < -0.4 is 5.32 Å². The molecule has 8 nitrogen and oxygen atoms in total. The Bertz CT molecular complexity index is 1380. The summed E-state index contributed by atoms with van der Waals surface area (Å²) in [4.78, 5) is 17.5. The number of sulfonamides is 1. The fourth-order valence-corrected chi connectivity index (χ4v) is 7.06. The average molecular weight is 460 g/mol. The van der Waals surface area contributed by atoms with Crippen molar-refractivity contribution in [3.05, 3.63) is 42.0 Å². The van der Waals surface area contributed by atoms with Crippen molar-refractivity contribution in [1.82, 2.24) is 18.0 Å². The van der Waals surface area contributed by atoms with E-state index in [-0.39, 0.29) is 17.3 Å². The number of amides is 1. The van der Waals surface area contributed by atoms with Gasteiger partial charge >= 0.3 is 0 Å². The molecule has 0 unspecified atom stereocenters. The van der Waals surface area contributed by atoms with Crippen LogP contribution in [0.15, 0.2) is 41.3 Å². The zero-order chi connectivity index (χ0) is 20.9. The largest absolute Gasteiger partial charge is 0.301 e. The van der Waals surface area contributed by atoms with Crippen molar-refractivity contribution in [2.24, 2.45) is 0 Å². The van der Waals surface area contributed by atoms with Crippen LogP contribution in [0.1, 0.15) is 18.4 Å². The molecule has 0 aliphatic carbocycles. The van der Waals surface area contributed by atoms with E-state index in [2.05, 4.69) is 19.0 Å².